The smallest absolute Gasteiger partial charge is 0.280 e. The first kappa shape index (κ1) is 23.7. The molecule has 0 bridgehead atoms. The highest BCUT2D eigenvalue weighted by molar-refractivity contribution is 9.13. The van der Waals surface area contributed by atoms with Gasteiger partial charge in [0.25, 0.3) is 5.91 Å². The number of carbonyl (C=O) groups excluding carboxylic acids is 1. The summed E-state index contributed by atoms with van der Waals surface area (Å²) in [6, 6.07) is 1.02. The molecular weight excluding hydrogens is 530 g/mol. The maximum absolute atomic E-state index is 12.7. The van der Waals surface area contributed by atoms with Crippen molar-refractivity contribution in [2.45, 2.75) is 38.5 Å². The number of hydrogen-bond acceptors (Lipinski definition) is 6. The molecule has 1 atom stereocenters. The van der Waals surface area contributed by atoms with Crippen LogP contribution in [0.25, 0.3) is 0 Å². The van der Waals surface area contributed by atoms with Crippen LogP contribution in [0.2, 0.25) is 25.7 Å². The van der Waals surface area contributed by atoms with E-state index in [1.165, 1.54) is 36.4 Å². The summed E-state index contributed by atoms with van der Waals surface area (Å²) in [5.74, 6) is -0.392. The monoisotopic (exact) mass is 553 g/mol. The fourth-order valence-electron chi connectivity index (χ4n) is 2.38. The Balaban J connectivity index is 2.33. The third-order valence-electron chi connectivity index (χ3n) is 4.10. The van der Waals surface area contributed by atoms with E-state index < -0.39 is 20.1 Å². The third kappa shape index (κ3) is 5.74. The SMILES string of the molecule is CON(C)C(=O)c1cnn(COCC[Si](C)(C)C)c1C(O)c1scc(Br)c1Br. The Kier molecular flexibility index (Phi) is 8.44. The zero-order valence-corrected chi connectivity index (χ0v) is 21.5. The van der Waals surface area contributed by atoms with Gasteiger partial charge in [0.2, 0.25) is 0 Å². The van der Waals surface area contributed by atoms with Crippen LogP contribution in [0.5, 0.6) is 0 Å². The van der Waals surface area contributed by atoms with Crippen molar-refractivity contribution in [3.63, 3.8) is 0 Å². The molecule has 1 amide bonds. The Hall–Kier alpha value is -0.563. The molecule has 156 valence electrons. The lowest BCUT2D eigenvalue weighted by atomic mass is 10.1. The number of hydrogen-bond donors (Lipinski definition) is 1. The van der Waals surface area contributed by atoms with E-state index in [1.807, 2.05) is 5.38 Å². The molecule has 2 aromatic heterocycles. The van der Waals surface area contributed by atoms with Gasteiger partial charge in [-0.1, -0.05) is 19.6 Å². The lowest BCUT2D eigenvalue weighted by Gasteiger charge is -2.19. The average molecular weight is 555 g/mol. The van der Waals surface area contributed by atoms with E-state index in [9.17, 15) is 9.90 Å². The minimum Gasteiger partial charge on any atom is -0.381 e. The van der Waals surface area contributed by atoms with Gasteiger partial charge in [0.05, 0.1) is 29.4 Å². The van der Waals surface area contributed by atoms with Gasteiger partial charge in [0.15, 0.2) is 0 Å². The van der Waals surface area contributed by atoms with Gasteiger partial charge in [0, 0.05) is 36.1 Å². The Labute approximate surface area is 186 Å². The second-order valence-corrected chi connectivity index (χ2v) is 15.6. The topological polar surface area (TPSA) is 76.8 Å². The number of ether oxygens (including phenoxy) is 1. The third-order valence-corrected chi connectivity index (χ3v) is 9.42. The molecule has 7 nitrogen and oxygen atoms in total. The predicted molar refractivity (Wildman–Crippen MR) is 119 cm³/mol. The molecule has 2 aromatic rings. The van der Waals surface area contributed by atoms with Gasteiger partial charge in [-0.3, -0.25) is 9.63 Å². The van der Waals surface area contributed by atoms with Crippen molar-refractivity contribution in [3.8, 4) is 0 Å². The number of amides is 1. The fraction of sp³-hybridized carbons (Fsp3) is 0.529. The summed E-state index contributed by atoms with van der Waals surface area (Å²) in [6.45, 7) is 7.61. The molecular formula is C17H25Br2N3O4SSi. The molecule has 11 heteroatoms. The molecule has 2 rings (SSSR count). The van der Waals surface area contributed by atoms with Gasteiger partial charge in [-0.2, -0.15) is 5.10 Å². The van der Waals surface area contributed by atoms with Crippen molar-refractivity contribution in [2.24, 2.45) is 0 Å². The van der Waals surface area contributed by atoms with Crippen LogP contribution in [0, 0.1) is 0 Å². The van der Waals surface area contributed by atoms with E-state index in [0.29, 0.717) is 17.2 Å². The summed E-state index contributed by atoms with van der Waals surface area (Å²) in [7, 11) is 1.71. The Morgan fingerprint density at radius 1 is 1.43 bits per heavy atom. The standard InChI is InChI=1S/C17H25Br2N3O4SSi/c1-21(25-2)17(24)11-8-20-22(10-26-6-7-28(3,4)5)14(11)15(23)16-13(19)12(18)9-27-16/h8-9,15,23H,6-7,10H2,1-5H3. The molecule has 0 aliphatic rings. The first-order valence-corrected chi connectivity index (χ1v) is 14.8. The maximum Gasteiger partial charge on any atom is 0.280 e. The summed E-state index contributed by atoms with van der Waals surface area (Å²) in [6.07, 6.45) is 0.396. The lowest BCUT2D eigenvalue weighted by Crippen LogP contribution is -2.27. The molecule has 0 spiro atoms. The van der Waals surface area contributed by atoms with E-state index in [4.69, 9.17) is 9.57 Å². The van der Waals surface area contributed by atoms with Crippen molar-refractivity contribution >= 4 is 57.2 Å². The van der Waals surface area contributed by atoms with E-state index in [-0.39, 0.29) is 12.3 Å². The zero-order chi connectivity index (χ0) is 21.1. The van der Waals surface area contributed by atoms with Crippen LogP contribution in [0.3, 0.4) is 0 Å². The largest absolute Gasteiger partial charge is 0.381 e. The van der Waals surface area contributed by atoms with E-state index in [1.54, 1.807) is 0 Å². The molecule has 0 aliphatic carbocycles. The summed E-state index contributed by atoms with van der Waals surface area (Å²) in [4.78, 5) is 18.4. The highest BCUT2D eigenvalue weighted by Crippen LogP contribution is 2.39. The van der Waals surface area contributed by atoms with Gasteiger partial charge < -0.3 is 9.84 Å². The number of carbonyl (C=O) groups is 1. The summed E-state index contributed by atoms with van der Waals surface area (Å²) < 4.78 is 8.91. The molecule has 1 N–H and O–H groups in total. The van der Waals surface area contributed by atoms with Crippen molar-refractivity contribution in [1.82, 2.24) is 14.8 Å². The van der Waals surface area contributed by atoms with Gasteiger partial charge >= 0.3 is 0 Å². The van der Waals surface area contributed by atoms with Crippen LogP contribution < -0.4 is 0 Å². The molecule has 2 heterocycles. The Morgan fingerprint density at radius 3 is 2.64 bits per heavy atom. The fourth-order valence-corrected chi connectivity index (χ4v) is 5.33. The molecule has 0 aromatic carbocycles. The Morgan fingerprint density at radius 2 is 2.11 bits per heavy atom. The highest BCUT2D eigenvalue weighted by atomic mass is 79.9. The number of aliphatic hydroxyl groups excluding tert-OH is 1. The van der Waals surface area contributed by atoms with Crippen LogP contribution in [-0.4, -0.2) is 54.7 Å². The van der Waals surface area contributed by atoms with Crippen LogP contribution >= 0.6 is 43.2 Å². The van der Waals surface area contributed by atoms with E-state index in [0.717, 1.165) is 20.1 Å². The summed E-state index contributed by atoms with van der Waals surface area (Å²) >= 11 is 8.29. The normalized spacial score (nSPS) is 13.0. The number of halogens is 2. The molecule has 0 aliphatic heterocycles. The highest BCUT2D eigenvalue weighted by Gasteiger charge is 2.29. The maximum atomic E-state index is 12.7. The molecule has 0 fully saturated rings. The second kappa shape index (κ2) is 9.96. The zero-order valence-electron chi connectivity index (χ0n) is 16.5. The molecule has 0 saturated carbocycles. The average Bonchev–Trinajstić information content (AvgIpc) is 3.20. The number of rotatable bonds is 9. The van der Waals surface area contributed by atoms with Crippen molar-refractivity contribution in [3.05, 3.63) is 36.7 Å². The van der Waals surface area contributed by atoms with E-state index in [2.05, 4.69) is 56.6 Å². The molecule has 0 radical (unpaired) electrons. The predicted octanol–water partition coefficient (Wildman–Crippen LogP) is 4.50. The molecule has 0 saturated heterocycles. The number of hydroxylamine groups is 2. The van der Waals surface area contributed by atoms with Gasteiger partial charge in [-0.15, -0.1) is 11.3 Å². The quantitative estimate of drug-likeness (QED) is 0.280. The second-order valence-electron chi connectivity index (χ2n) is 7.44. The van der Waals surface area contributed by atoms with Crippen LogP contribution in [0.15, 0.2) is 20.5 Å². The first-order chi connectivity index (χ1) is 13.1. The van der Waals surface area contributed by atoms with Crippen molar-refractivity contribution in [1.29, 1.82) is 0 Å². The van der Waals surface area contributed by atoms with Crippen molar-refractivity contribution in [2.75, 3.05) is 20.8 Å². The Bertz CT molecular complexity index is 822. The number of thiophene rings is 1. The minimum absolute atomic E-state index is 0.158. The van der Waals surface area contributed by atoms with Crippen LogP contribution in [0.1, 0.15) is 27.0 Å². The van der Waals surface area contributed by atoms with Gasteiger partial charge in [-0.25, -0.2) is 9.75 Å². The van der Waals surface area contributed by atoms with Crippen LogP contribution in [0.4, 0.5) is 0 Å². The summed E-state index contributed by atoms with van der Waals surface area (Å²) in [5.41, 5.74) is 0.638. The molecule has 1 unspecified atom stereocenters. The van der Waals surface area contributed by atoms with Crippen molar-refractivity contribution < 1.29 is 19.5 Å². The number of aliphatic hydroxyl groups is 1. The number of nitrogens with zero attached hydrogens (tertiary/aromatic N) is 3. The summed E-state index contributed by atoms with van der Waals surface area (Å²) in [5, 5.41) is 18.3. The lowest BCUT2D eigenvalue weighted by molar-refractivity contribution is -0.0758. The first-order valence-electron chi connectivity index (χ1n) is 8.63. The van der Waals surface area contributed by atoms with Gasteiger partial charge in [0.1, 0.15) is 12.8 Å². The number of aromatic nitrogens is 2. The minimum atomic E-state index is -1.21. The van der Waals surface area contributed by atoms with Crippen LogP contribution in [-0.2, 0) is 16.3 Å². The van der Waals surface area contributed by atoms with Gasteiger partial charge in [-0.05, 0) is 37.9 Å². The molecule has 28 heavy (non-hydrogen) atoms. The van der Waals surface area contributed by atoms with E-state index >= 15 is 0 Å².